The van der Waals surface area contributed by atoms with Crippen LogP contribution in [0.3, 0.4) is 0 Å². The molecule has 0 saturated carbocycles. The second-order valence-corrected chi connectivity index (χ2v) is 2.26. The van der Waals surface area contributed by atoms with Gasteiger partial charge in [-0.3, -0.25) is 0 Å². The van der Waals surface area contributed by atoms with Crippen molar-refractivity contribution in [2.75, 3.05) is 20.2 Å². The van der Waals surface area contributed by atoms with Crippen molar-refractivity contribution in [2.45, 2.75) is 0 Å². The number of rotatable bonds is 2. The van der Waals surface area contributed by atoms with Crippen molar-refractivity contribution in [3.63, 3.8) is 0 Å². The summed E-state index contributed by atoms with van der Waals surface area (Å²) in [6.45, 7) is 0.891. The van der Waals surface area contributed by atoms with Crippen molar-refractivity contribution in [1.82, 2.24) is 3.93 Å². The highest BCUT2D eigenvalue weighted by Crippen LogP contribution is 1.86. The first-order valence-electron chi connectivity index (χ1n) is 1.75. The predicted molar refractivity (Wildman–Crippen MR) is 28.6 cm³/mol. The van der Waals surface area contributed by atoms with Gasteiger partial charge in [0.1, 0.15) is 0 Å². The minimum Gasteiger partial charge on any atom is -0.395 e. The Hall–Kier alpha value is 0.400. The molecule has 0 radical (unpaired) electrons. The van der Waals surface area contributed by atoms with Crippen molar-refractivity contribution >= 4 is 16.1 Å². The summed E-state index contributed by atoms with van der Waals surface area (Å²) >= 11 is 3.11. The molecule has 0 rings (SSSR count). The van der Waals surface area contributed by atoms with Crippen LogP contribution in [0.4, 0.5) is 0 Å². The minimum absolute atomic E-state index is 0.210. The van der Waals surface area contributed by atoms with Crippen molar-refractivity contribution < 1.29 is 5.11 Å². The number of nitrogens with zero attached hydrogens (tertiary/aromatic N) is 1. The SMILES string of the molecule is CN(Br)CCO. The summed E-state index contributed by atoms with van der Waals surface area (Å²) in [6.07, 6.45) is 0. The third-order valence-electron chi connectivity index (χ3n) is 0.408. The zero-order valence-corrected chi connectivity index (χ0v) is 5.27. The summed E-state index contributed by atoms with van der Waals surface area (Å²) in [5.74, 6) is 0. The average molecular weight is 154 g/mol. The summed E-state index contributed by atoms with van der Waals surface area (Å²) in [4.78, 5) is 0. The quantitative estimate of drug-likeness (QED) is 0.575. The van der Waals surface area contributed by atoms with Crippen molar-refractivity contribution in [3.8, 4) is 0 Å². The lowest BCUT2D eigenvalue weighted by Crippen LogP contribution is -2.08. The van der Waals surface area contributed by atoms with E-state index in [1.165, 1.54) is 0 Å². The lowest BCUT2D eigenvalue weighted by Gasteiger charge is -1.99. The Bertz CT molecular complexity index is 32.0. The van der Waals surface area contributed by atoms with E-state index >= 15 is 0 Å². The van der Waals surface area contributed by atoms with Crippen molar-refractivity contribution in [2.24, 2.45) is 0 Å². The Balaban J connectivity index is 2.63. The van der Waals surface area contributed by atoms with Crippen LogP contribution >= 0.6 is 16.1 Å². The molecule has 0 heterocycles. The normalized spacial score (nSPS) is 10.0. The number of hydrogen-bond acceptors (Lipinski definition) is 2. The third-order valence-corrected chi connectivity index (χ3v) is 0.763. The van der Waals surface area contributed by atoms with Gasteiger partial charge in [0.15, 0.2) is 0 Å². The lowest BCUT2D eigenvalue weighted by atomic mass is 10.7. The van der Waals surface area contributed by atoms with Crippen LogP contribution in [0.2, 0.25) is 0 Å². The van der Waals surface area contributed by atoms with Gasteiger partial charge in [-0.05, 0) is 7.05 Å². The van der Waals surface area contributed by atoms with Gasteiger partial charge in [0.2, 0.25) is 0 Å². The number of hydrogen-bond donors (Lipinski definition) is 1. The summed E-state index contributed by atoms with van der Waals surface area (Å²) in [6, 6.07) is 0. The average Bonchev–Trinajstić information content (AvgIpc) is 1.35. The fourth-order valence-corrected chi connectivity index (χ4v) is 0.296. The van der Waals surface area contributed by atoms with Crippen LogP contribution < -0.4 is 0 Å². The lowest BCUT2D eigenvalue weighted by molar-refractivity contribution is 0.275. The van der Waals surface area contributed by atoms with E-state index in [2.05, 4.69) is 16.1 Å². The molecule has 0 aromatic heterocycles. The fraction of sp³-hybridized carbons (Fsp3) is 1.00. The molecular weight excluding hydrogens is 146 g/mol. The molecule has 0 aromatic carbocycles. The van der Waals surface area contributed by atoms with Gasteiger partial charge in [-0.25, -0.2) is 3.93 Å². The predicted octanol–water partition coefficient (Wildman–Crippen LogP) is 0.220. The topological polar surface area (TPSA) is 23.5 Å². The van der Waals surface area contributed by atoms with Crippen LogP contribution in [0, 0.1) is 0 Å². The highest BCUT2D eigenvalue weighted by molar-refractivity contribution is 9.07. The maximum atomic E-state index is 8.16. The standard InChI is InChI=1S/C3H8BrNO/c1-5(4)2-3-6/h6H,2-3H2,1H3. The second kappa shape index (κ2) is 3.59. The van der Waals surface area contributed by atoms with Crippen LogP contribution in [-0.2, 0) is 0 Å². The van der Waals surface area contributed by atoms with Gasteiger partial charge in [0.05, 0.1) is 6.61 Å². The Morgan fingerprint density at radius 3 is 2.33 bits per heavy atom. The van der Waals surface area contributed by atoms with E-state index in [9.17, 15) is 0 Å². The van der Waals surface area contributed by atoms with Crippen LogP contribution in [0.5, 0.6) is 0 Å². The molecule has 3 heteroatoms. The van der Waals surface area contributed by atoms with Gasteiger partial charge in [-0.2, -0.15) is 0 Å². The van der Waals surface area contributed by atoms with Crippen molar-refractivity contribution in [1.29, 1.82) is 0 Å². The number of aliphatic hydroxyl groups is 1. The van der Waals surface area contributed by atoms with Gasteiger partial charge in [0, 0.05) is 22.7 Å². The van der Waals surface area contributed by atoms with E-state index in [0.717, 1.165) is 0 Å². The molecule has 0 spiro atoms. The second-order valence-electron chi connectivity index (χ2n) is 1.05. The molecular formula is C3H8BrNO. The monoisotopic (exact) mass is 153 g/mol. The zero-order chi connectivity index (χ0) is 4.99. The molecule has 0 aliphatic carbocycles. The molecule has 0 unspecified atom stereocenters. The first kappa shape index (κ1) is 6.40. The molecule has 0 bridgehead atoms. The maximum absolute atomic E-state index is 8.16. The van der Waals surface area contributed by atoms with E-state index in [4.69, 9.17) is 5.11 Å². The fourth-order valence-electron chi connectivity index (χ4n) is 0.138. The smallest absolute Gasteiger partial charge is 0.0567 e. The molecule has 0 aliphatic heterocycles. The van der Waals surface area contributed by atoms with E-state index in [1.54, 1.807) is 3.93 Å². The van der Waals surface area contributed by atoms with Crippen LogP contribution in [0.15, 0.2) is 0 Å². The van der Waals surface area contributed by atoms with Crippen molar-refractivity contribution in [3.05, 3.63) is 0 Å². The molecule has 2 nitrogen and oxygen atoms in total. The van der Waals surface area contributed by atoms with E-state index < -0.39 is 0 Å². The Kier molecular flexibility index (Phi) is 3.82. The summed E-state index contributed by atoms with van der Waals surface area (Å²) < 4.78 is 1.74. The van der Waals surface area contributed by atoms with E-state index in [-0.39, 0.29) is 6.61 Å². The van der Waals surface area contributed by atoms with Gasteiger partial charge in [0.25, 0.3) is 0 Å². The van der Waals surface area contributed by atoms with E-state index in [0.29, 0.717) is 6.54 Å². The van der Waals surface area contributed by atoms with Gasteiger partial charge >= 0.3 is 0 Å². The number of likely N-dealkylation sites (N-methyl/N-ethyl adjacent to an activating group) is 1. The highest BCUT2D eigenvalue weighted by atomic mass is 79.9. The third kappa shape index (κ3) is 4.40. The number of halogens is 1. The molecule has 0 aliphatic rings. The van der Waals surface area contributed by atoms with Gasteiger partial charge in [-0.15, -0.1) is 0 Å². The molecule has 6 heavy (non-hydrogen) atoms. The Labute approximate surface area is 46.1 Å². The summed E-state index contributed by atoms with van der Waals surface area (Å²) in [5.41, 5.74) is 0. The molecule has 0 fully saturated rings. The molecule has 0 amide bonds. The molecule has 0 aromatic rings. The zero-order valence-electron chi connectivity index (χ0n) is 3.69. The number of aliphatic hydroxyl groups excluding tert-OH is 1. The van der Waals surface area contributed by atoms with Crippen LogP contribution in [-0.4, -0.2) is 29.2 Å². The van der Waals surface area contributed by atoms with Crippen LogP contribution in [0.25, 0.3) is 0 Å². The van der Waals surface area contributed by atoms with Gasteiger partial charge < -0.3 is 5.11 Å². The first-order valence-corrected chi connectivity index (χ1v) is 2.46. The first-order chi connectivity index (χ1) is 2.77. The highest BCUT2D eigenvalue weighted by Gasteiger charge is 1.83. The maximum Gasteiger partial charge on any atom is 0.0567 e. The Morgan fingerprint density at radius 2 is 2.33 bits per heavy atom. The van der Waals surface area contributed by atoms with E-state index in [1.807, 2.05) is 7.05 Å². The minimum atomic E-state index is 0.210. The summed E-state index contributed by atoms with van der Waals surface area (Å²) in [5, 5.41) is 8.16. The Morgan fingerprint density at radius 1 is 1.83 bits per heavy atom. The molecule has 0 saturated heterocycles. The van der Waals surface area contributed by atoms with Crippen LogP contribution in [0.1, 0.15) is 0 Å². The molecule has 0 atom stereocenters. The largest absolute Gasteiger partial charge is 0.395 e. The molecule has 38 valence electrons. The van der Waals surface area contributed by atoms with Gasteiger partial charge in [-0.1, -0.05) is 0 Å². The molecule has 1 N–H and O–H groups in total. The summed E-state index contributed by atoms with van der Waals surface area (Å²) in [7, 11) is 1.84.